The number of aromatic nitrogens is 2. The molecule has 0 amide bonds. The van der Waals surface area contributed by atoms with E-state index in [-0.39, 0.29) is 5.56 Å². The number of H-pyrrole nitrogens is 1. The van der Waals surface area contributed by atoms with Gasteiger partial charge in [-0.15, -0.1) is 0 Å². The van der Waals surface area contributed by atoms with Gasteiger partial charge in [-0.05, 0) is 42.3 Å². The summed E-state index contributed by atoms with van der Waals surface area (Å²) < 4.78 is 28.0. The third-order valence-corrected chi connectivity index (χ3v) is 4.57. The molecule has 24 heavy (non-hydrogen) atoms. The van der Waals surface area contributed by atoms with Gasteiger partial charge in [-0.1, -0.05) is 6.07 Å². The quantitative estimate of drug-likeness (QED) is 0.765. The zero-order valence-electron chi connectivity index (χ0n) is 13.3. The van der Waals surface area contributed by atoms with E-state index in [1.165, 1.54) is 23.8 Å². The number of halogens is 2. The number of aromatic amines is 1. The third kappa shape index (κ3) is 2.46. The molecule has 0 saturated carbocycles. The average molecular weight is 325 g/mol. The molecule has 0 spiro atoms. The predicted octanol–water partition coefficient (Wildman–Crippen LogP) is 4.23. The lowest BCUT2D eigenvalue weighted by Gasteiger charge is -2.29. The molecule has 0 aliphatic carbocycles. The van der Waals surface area contributed by atoms with E-state index in [4.69, 9.17) is 0 Å². The van der Waals surface area contributed by atoms with E-state index in [9.17, 15) is 8.78 Å². The van der Waals surface area contributed by atoms with Crippen LogP contribution in [0.5, 0.6) is 0 Å². The lowest BCUT2D eigenvalue weighted by molar-refractivity contribution is 0.589. The molecule has 3 nitrogen and oxygen atoms in total. The third-order valence-electron chi connectivity index (χ3n) is 4.57. The van der Waals surface area contributed by atoms with Gasteiger partial charge in [0.1, 0.15) is 11.6 Å². The first-order valence-electron chi connectivity index (χ1n) is 7.94. The summed E-state index contributed by atoms with van der Waals surface area (Å²) in [6.45, 7) is 3.61. The Bertz CT molecular complexity index is 881. The molecule has 0 atom stereocenters. The largest absolute Gasteiger partial charge is 0.365 e. The number of nitrogens with one attached hydrogen (secondary N) is 1. The fourth-order valence-corrected chi connectivity index (χ4v) is 3.32. The fourth-order valence-electron chi connectivity index (χ4n) is 3.32. The highest BCUT2D eigenvalue weighted by atomic mass is 19.1. The summed E-state index contributed by atoms with van der Waals surface area (Å²) in [4.78, 5) is 9.65. The summed E-state index contributed by atoms with van der Waals surface area (Å²) >= 11 is 0. The van der Waals surface area contributed by atoms with Crippen LogP contribution in [0.3, 0.4) is 0 Å². The maximum absolute atomic E-state index is 14.0. The van der Waals surface area contributed by atoms with Crippen molar-refractivity contribution in [1.29, 1.82) is 0 Å². The summed E-state index contributed by atoms with van der Waals surface area (Å²) in [6.07, 6.45) is 4.45. The second-order valence-electron chi connectivity index (χ2n) is 6.12. The fraction of sp³-hybridized carbons (Fsp3) is 0.211. The van der Waals surface area contributed by atoms with Gasteiger partial charge in [-0.2, -0.15) is 0 Å². The summed E-state index contributed by atoms with van der Waals surface area (Å²) in [5.74, 6) is -1.10. The van der Waals surface area contributed by atoms with Crippen molar-refractivity contribution in [2.75, 3.05) is 11.4 Å². The zero-order chi connectivity index (χ0) is 16.7. The van der Waals surface area contributed by atoms with E-state index in [0.717, 1.165) is 29.9 Å². The Labute approximate surface area is 139 Å². The molecule has 0 radical (unpaired) electrons. The zero-order valence-corrected chi connectivity index (χ0v) is 13.3. The van der Waals surface area contributed by atoms with E-state index >= 15 is 0 Å². The number of fused-ring (bicyclic) bond motifs is 1. The van der Waals surface area contributed by atoms with Crippen LogP contribution < -0.4 is 4.90 Å². The van der Waals surface area contributed by atoms with Crippen LogP contribution in [0, 0.1) is 18.6 Å². The molecule has 3 aromatic rings. The van der Waals surface area contributed by atoms with Crippen molar-refractivity contribution in [3.8, 4) is 11.3 Å². The molecule has 1 N–H and O–H groups in total. The lowest BCUT2D eigenvalue weighted by Crippen LogP contribution is -2.30. The molecule has 3 heterocycles. The van der Waals surface area contributed by atoms with Gasteiger partial charge in [0.15, 0.2) is 0 Å². The van der Waals surface area contributed by atoms with Gasteiger partial charge >= 0.3 is 0 Å². The highest BCUT2D eigenvalue weighted by Gasteiger charge is 2.22. The van der Waals surface area contributed by atoms with Gasteiger partial charge < -0.3 is 9.88 Å². The highest BCUT2D eigenvalue weighted by molar-refractivity contribution is 5.64. The molecular weight excluding hydrogens is 308 g/mol. The van der Waals surface area contributed by atoms with E-state index in [0.29, 0.717) is 12.2 Å². The Hall–Kier alpha value is -2.69. The second kappa shape index (κ2) is 5.74. The molecule has 122 valence electrons. The van der Waals surface area contributed by atoms with E-state index in [2.05, 4.69) is 21.8 Å². The van der Waals surface area contributed by atoms with Crippen LogP contribution >= 0.6 is 0 Å². The molecular formula is C19H17F2N3. The van der Waals surface area contributed by atoms with Gasteiger partial charge in [0.2, 0.25) is 0 Å². The molecule has 2 aromatic heterocycles. The van der Waals surface area contributed by atoms with Crippen molar-refractivity contribution in [3.05, 3.63) is 71.2 Å². The Kier molecular flexibility index (Phi) is 3.56. The second-order valence-corrected chi connectivity index (χ2v) is 6.12. The van der Waals surface area contributed by atoms with Crippen molar-refractivity contribution in [3.63, 3.8) is 0 Å². The molecule has 0 saturated heterocycles. The Balaban J connectivity index is 1.69. The van der Waals surface area contributed by atoms with Crippen LogP contribution in [0.25, 0.3) is 11.3 Å². The van der Waals surface area contributed by atoms with Crippen molar-refractivity contribution in [2.24, 2.45) is 0 Å². The smallest absolute Gasteiger partial charge is 0.135 e. The normalized spacial score (nSPS) is 13.9. The topological polar surface area (TPSA) is 31.9 Å². The maximum atomic E-state index is 14.0. The van der Waals surface area contributed by atoms with Gasteiger partial charge in [-0.25, -0.2) is 8.78 Å². The number of aryl methyl sites for hydroxylation is 1. The van der Waals surface area contributed by atoms with Crippen molar-refractivity contribution >= 4 is 5.69 Å². The predicted molar refractivity (Wildman–Crippen MR) is 89.9 cm³/mol. The Morgan fingerprint density at radius 3 is 2.71 bits per heavy atom. The van der Waals surface area contributed by atoms with Crippen LogP contribution in [0.4, 0.5) is 14.5 Å². The highest BCUT2D eigenvalue weighted by Crippen LogP contribution is 2.31. The minimum absolute atomic E-state index is 0.0102. The monoisotopic (exact) mass is 325 g/mol. The molecule has 0 fully saturated rings. The van der Waals surface area contributed by atoms with Gasteiger partial charge in [0.25, 0.3) is 0 Å². The summed E-state index contributed by atoms with van der Waals surface area (Å²) in [7, 11) is 0. The molecule has 5 heteroatoms. The van der Waals surface area contributed by atoms with Gasteiger partial charge in [0, 0.05) is 31.4 Å². The number of pyridine rings is 1. The SMILES string of the molecule is Cc1ccncc1N1CCc2[nH]c(-c3c(F)cccc3F)cc2C1. The standard InChI is InChI=1S/C19H17F2N3/c1-12-5-7-22-10-18(12)24-8-6-16-13(11-24)9-17(23-16)19-14(20)3-2-4-15(19)21/h2-5,7,9-10,23H,6,8,11H2,1H3. The average Bonchev–Trinajstić information content (AvgIpc) is 2.97. The Morgan fingerprint density at radius 2 is 1.96 bits per heavy atom. The number of hydrogen-bond donors (Lipinski definition) is 1. The lowest BCUT2D eigenvalue weighted by atomic mass is 10.1. The van der Waals surface area contributed by atoms with Crippen molar-refractivity contribution in [1.82, 2.24) is 9.97 Å². The maximum Gasteiger partial charge on any atom is 0.135 e. The molecule has 1 aromatic carbocycles. The number of nitrogens with zero attached hydrogens (tertiary/aromatic N) is 2. The molecule has 0 bridgehead atoms. The van der Waals surface area contributed by atoms with Crippen LogP contribution in [0.2, 0.25) is 0 Å². The van der Waals surface area contributed by atoms with E-state index < -0.39 is 11.6 Å². The van der Waals surface area contributed by atoms with Crippen LogP contribution in [-0.2, 0) is 13.0 Å². The minimum atomic E-state index is -0.548. The van der Waals surface area contributed by atoms with E-state index in [1.54, 1.807) is 6.20 Å². The van der Waals surface area contributed by atoms with E-state index in [1.807, 2.05) is 18.3 Å². The first-order valence-corrected chi connectivity index (χ1v) is 7.94. The first kappa shape index (κ1) is 14.9. The van der Waals surface area contributed by atoms with Gasteiger partial charge in [0.05, 0.1) is 23.1 Å². The number of hydrogen-bond acceptors (Lipinski definition) is 2. The summed E-state index contributed by atoms with van der Waals surface area (Å²) in [5, 5.41) is 0. The molecule has 1 aliphatic heterocycles. The molecule has 0 unspecified atom stereocenters. The molecule has 4 rings (SSSR count). The summed E-state index contributed by atoms with van der Waals surface area (Å²) in [5.41, 5.74) is 4.90. The first-order chi connectivity index (χ1) is 11.6. The summed E-state index contributed by atoms with van der Waals surface area (Å²) in [6, 6.07) is 7.79. The van der Waals surface area contributed by atoms with Gasteiger partial charge in [-0.3, -0.25) is 4.98 Å². The van der Waals surface area contributed by atoms with Crippen molar-refractivity contribution in [2.45, 2.75) is 19.9 Å². The molecule has 1 aliphatic rings. The van der Waals surface area contributed by atoms with Crippen LogP contribution in [-0.4, -0.2) is 16.5 Å². The van der Waals surface area contributed by atoms with Crippen LogP contribution in [0.1, 0.15) is 16.8 Å². The number of anilines is 1. The minimum Gasteiger partial charge on any atom is -0.365 e. The Morgan fingerprint density at radius 1 is 1.17 bits per heavy atom. The number of rotatable bonds is 2. The van der Waals surface area contributed by atoms with Crippen molar-refractivity contribution < 1.29 is 8.78 Å². The van der Waals surface area contributed by atoms with Crippen LogP contribution in [0.15, 0.2) is 42.7 Å². The number of benzene rings is 1.